The fraction of sp³-hybridized carbons (Fsp3) is 0.250. The third kappa shape index (κ3) is 3.87. The van der Waals surface area contributed by atoms with Crippen LogP contribution in [0, 0.1) is 0 Å². The highest BCUT2D eigenvalue weighted by Crippen LogP contribution is 2.47. The molecule has 1 fully saturated rings. The van der Waals surface area contributed by atoms with Crippen molar-refractivity contribution in [1.29, 1.82) is 0 Å². The molecule has 0 radical (unpaired) electrons. The summed E-state index contributed by atoms with van der Waals surface area (Å²) in [6, 6.07) is 15.7. The second kappa shape index (κ2) is 7.50. The van der Waals surface area contributed by atoms with Gasteiger partial charge < -0.3 is 7.80 Å². The molecule has 1 heterocycles. The van der Waals surface area contributed by atoms with Crippen molar-refractivity contribution in [3.63, 3.8) is 0 Å². The summed E-state index contributed by atoms with van der Waals surface area (Å²) in [4.78, 5) is 11.6. The van der Waals surface area contributed by atoms with Gasteiger partial charge in [0.25, 0.3) is 5.88 Å². The van der Waals surface area contributed by atoms with Crippen LogP contribution in [0.4, 0.5) is 4.39 Å². The number of benzene rings is 2. The van der Waals surface area contributed by atoms with Crippen molar-refractivity contribution in [3.8, 4) is 22.8 Å². The van der Waals surface area contributed by atoms with Crippen LogP contribution >= 0.6 is 23.0 Å². The molecule has 0 aliphatic heterocycles. The lowest BCUT2D eigenvalue weighted by atomic mass is 9.70. The number of hydrogen-bond donors (Lipinski definition) is 1. The van der Waals surface area contributed by atoms with Crippen LogP contribution in [-0.4, -0.2) is 27.0 Å². The number of hydrogen-bond acceptors (Lipinski definition) is 5. The maximum atomic E-state index is 13.7. The first kappa shape index (κ1) is 18.9. The average Bonchev–Trinajstić information content (AvgIpc) is 3.14. The Labute approximate surface area is 175 Å². The van der Waals surface area contributed by atoms with Crippen LogP contribution in [-0.2, 0) is 3.07 Å². The van der Waals surface area contributed by atoms with Gasteiger partial charge in [-0.25, -0.2) is 14.3 Å². The van der Waals surface area contributed by atoms with Gasteiger partial charge >= 0.3 is 5.97 Å². The Morgan fingerprint density at radius 2 is 1.75 bits per heavy atom. The van der Waals surface area contributed by atoms with E-state index in [1.165, 1.54) is 28.6 Å². The number of rotatable bonds is 5. The van der Waals surface area contributed by atoms with Gasteiger partial charge in [0.15, 0.2) is 23.0 Å². The number of carbonyl (C=O) groups excluding carboxylic acids is 1. The highest BCUT2D eigenvalue weighted by atomic mass is 127. The molecule has 8 heteroatoms. The summed E-state index contributed by atoms with van der Waals surface area (Å²) in [7, 11) is 0. The Bertz CT molecular complexity index is 979. The maximum absolute atomic E-state index is 13.7. The lowest BCUT2D eigenvalue weighted by Gasteiger charge is -2.39. The molecule has 144 valence electrons. The predicted octanol–water partition coefficient (Wildman–Crippen LogP) is 5.38. The Balaban J connectivity index is 1.45. The van der Waals surface area contributed by atoms with Gasteiger partial charge in [0, 0.05) is 0 Å². The molecular formula is C20H17FIN3O3. The monoisotopic (exact) mass is 493 g/mol. The van der Waals surface area contributed by atoms with Crippen molar-refractivity contribution >= 4 is 29.0 Å². The minimum Gasteiger partial charge on any atom is -0.437 e. The molecule has 6 nitrogen and oxygen atoms in total. The van der Waals surface area contributed by atoms with Gasteiger partial charge in [0.05, 0.1) is 0 Å². The molecule has 0 spiro atoms. The van der Waals surface area contributed by atoms with Crippen LogP contribution in [0.3, 0.4) is 0 Å². The van der Waals surface area contributed by atoms with Gasteiger partial charge in [-0.3, -0.25) is 0 Å². The molecule has 0 atom stereocenters. The summed E-state index contributed by atoms with van der Waals surface area (Å²) in [5.74, 6) is 0.330. The Hall–Kier alpha value is -2.49. The fourth-order valence-electron chi connectivity index (χ4n) is 3.44. The maximum Gasteiger partial charge on any atom is 0.374 e. The molecule has 1 saturated carbocycles. The lowest BCUT2D eigenvalue weighted by Crippen LogP contribution is -2.34. The van der Waals surface area contributed by atoms with Crippen LogP contribution in [0.25, 0.3) is 11.1 Å². The first-order valence-electron chi connectivity index (χ1n) is 8.76. The van der Waals surface area contributed by atoms with Crippen molar-refractivity contribution in [2.75, 3.05) is 0 Å². The number of nitrogens with one attached hydrogen (secondary N) is 1. The van der Waals surface area contributed by atoms with Crippen LogP contribution in [0.1, 0.15) is 41.7 Å². The number of aromatic amines is 1. The summed E-state index contributed by atoms with van der Waals surface area (Å²) < 4.78 is 23.9. The van der Waals surface area contributed by atoms with E-state index in [9.17, 15) is 9.18 Å². The Kier molecular flexibility index (Phi) is 5.05. The van der Waals surface area contributed by atoms with Crippen molar-refractivity contribution in [2.45, 2.75) is 31.4 Å². The number of alkyl halides is 1. The topological polar surface area (TPSA) is 77.1 Å². The van der Waals surface area contributed by atoms with Crippen molar-refractivity contribution in [1.82, 2.24) is 15.4 Å². The van der Waals surface area contributed by atoms with E-state index in [4.69, 9.17) is 4.74 Å². The molecule has 0 amide bonds. The van der Waals surface area contributed by atoms with E-state index in [-0.39, 0.29) is 11.6 Å². The molecule has 3 aromatic rings. The van der Waals surface area contributed by atoms with Crippen molar-refractivity contribution in [3.05, 3.63) is 59.8 Å². The normalized spacial score (nSPS) is 21.0. The Morgan fingerprint density at radius 1 is 1.14 bits per heavy atom. The zero-order valence-electron chi connectivity index (χ0n) is 15.0. The molecule has 1 aliphatic carbocycles. The van der Waals surface area contributed by atoms with Crippen molar-refractivity contribution < 1.29 is 17.0 Å². The minimum atomic E-state index is -1.02. The highest BCUT2D eigenvalue weighted by Gasteiger charge is 2.40. The number of carbonyl (C=O) groups is 1. The lowest BCUT2D eigenvalue weighted by molar-refractivity contribution is 0.0616. The molecule has 1 N–H and O–H groups in total. The van der Waals surface area contributed by atoms with E-state index in [1.807, 2.05) is 24.3 Å². The van der Waals surface area contributed by atoms with Crippen LogP contribution in [0.15, 0.2) is 48.5 Å². The summed E-state index contributed by atoms with van der Waals surface area (Å²) in [5, 5.41) is 9.76. The van der Waals surface area contributed by atoms with E-state index in [0.29, 0.717) is 24.5 Å². The zero-order chi connectivity index (χ0) is 19.7. The largest absolute Gasteiger partial charge is 0.437 e. The summed E-state index contributed by atoms with van der Waals surface area (Å²) in [6.45, 7) is 1.66. The number of halogens is 2. The molecule has 0 saturated heterocycles. The smallest absolute Gasteiger partial charge is 0.374 e. The summed E-state index contributed by atoms with van der Waals surface area (Å²) in [5.41, 5.74) is 2.23. The summed E-state index contributed by atoms with van der Waals surface area (Å²) >= 11 is 1.48. The third-order valence-corrected chi connectivity index (χ3v) is 5.31. The van der Waals surface area contributed by atoms with E-state index < -0.39 is 11.6 Å². The molecule has 4 rings (SSSR count). The van der Waals surface area contributed by atoms with Gasteiger partial charge in [-0.2, -0.15) is 0 Å². The molecule has 0 bridgehead atoms. The van der Waals surface area contributed by atoms with E-state index in [0.717, 1.165) is 11.1 Å². The summed E-state index contributed by atoms with van der Waals surface area (Å²) in [6.07, 6.45) is 1.18. The molecule has 28 heavy (non-hydrogen) atoms. The zero-order valence-corrected chi connectivity index (χ0v) is 17.1. The Morgan fingerprint density at radius 3 is 2.32 bits per heavy atom. The number of ether oxygens (including phenoxy) is 1. The molecule has 2 aromatic carbocycles. The SMILES string of the molecule is CC1(F)CC(c2ccc(-c3ccc(Oc4[nH]nnc4C(=O)OI)cc3)cc2)C1. The second-order valence-corrected chi connectivity index (χ2v) is 7.56. The van der Waals surface area contributed by atoms with Crippen LogP contribution in [0.5, 0.6) is 11.6 Å². The fourth-order valence-corrected chi connectivity index (χ4v) is 3.65. The average molecular weight is 493 g/mol. The highest BCUT2D eigenvalue weighted by molar-refractivity contribution is 14.1. The quantitative estimate of drug-likeness (QED) is 0.484. The predicted molar refractivity (Wildman–Crippen MR) is 109 cm³/mol. The molecule has 1 aliphatic rings. The van der Waals surface area contributed by atoms with Gasteiger partial charge in [-0.1, -0.05) is 41.6 Å². The number of nitrogens with zero attached hydrogens (tertiary/aromatic N) is 2. The first-order chi connectivity index (χ1) is 13.4. The van der Waals surface area contributed by atoms with Gasteiger partial charge in [0.2, 0.25) is 5.69 Å². The number of aromatic nitrogens is 3. The molecular weight excluding hydrogens is 476 g/mol. The molecule has 1 aromatic heterocycles. The minimum absolute atomic E-state index is 0.0190. The molecule has 0 unspecified atom stereocenters. The van der Waals surface area contributed by atoms with Crippen molar-refractivity contribution in [2.24, 2.45) is 0 Å². The van der Waals surface area contributed by atoms with E-state index >= 15 is 0 Å². The standard InChI is InChI=1S/C20H17FIN3O3/c1-20(21)10-15(11-20)14-4-2-12(3-5-14)13-6-8-16(9-7-13)27-18-17(19(26)28-22)23-25-24-18/h2-9,15H,10-11H2,1H3,(H,23,24,25). The van der Waals surface area contributed by atoms with Gasteiger partial charge in [0.1, 0.15) is 11.4 Å². The number of H-pyrrole nitrogens is 1. The van der Waals surface area contributed by atoms with Gasteiger partial charge in [-0.05, 0) is 54.5 Å². The van der Waals surface area contributed by atoms with Gasteiger partial charge in [-0.15, -0.1) is 5.10 Å². The van der Waals surface area contributed by atoms with E-state index in [2.05, 4.69) is 30.6 Å². The first-order valence-corrected chi connectivity index (χ1v) is 9.64. The van der Waals surface area contributed by atoms with E-state index in [1.54, 1.807) is 19.1 Å². The second-order valence-electron chi connectivity index (χ2n) is 7.12. The van der Waals surface area contributed by atoms with Crippen LogP contribution < -0.4 is 4.74 Å². The third-order valence-electron chi connectivity index (χ3n) is 4.91. The van der Waals surface area contributed by atoms with Crippen LogP contribution in [0.2, 0.25) is 0 Å².